The van der Waals surface area contributed by atoms with E-state index in [0.29, 0.717) is 0 Å². The summed E-state index contributed by atoms with van der Waals surface area (Å²) in [6.45, 7) is 4.72. The van der Waals surface area contributed by atoms with Gasteiger partial charge in [0.2, 0.25) is 0 Å². The monoisotopic (exact) mass is 286 g/mol. The van der Waals surface area contributed by atoms with Crippen molar-refractivity contribution in [1.82, 2.24) is 10.2 Å². The third-order valence-electron chi connectivity index (χ3n) is 3.75. The zero-order valence-electron chi connectivity index (χ0n) is 12.4. The van der Waals surface area contributed by atoms with Crippen molar-refractivity contribution in [2.45, 2.75) is 25.8 Å². The molecule has 2 heterocycles. The van der Waals surface area contributed by atoms with Crippen LogP contribution in [0.15, 0.2) is 30.3 Å². The smallest absolute Gasteiger partial charge is 0.151 e. The molecule has 1 aliphatic heterocycles. The topological polar surface area (TPSA) is 67.2 Å². The summed E-state index contributed by atoms with van der Waals surface area (Å²) >= 11 is 0. The Morgan fingerprint density at radius 1 is 1.38 bits per heavy atom. The second-order valence-corrected chi connectivity index (χ2v) is 5.51. The van der Waals surface area contributed by atoms with Crippen LogP contribution in [0.1, 0.15) is 19.8 Å². The van der Waals surface area contributed by atoms with E-state index in [1.54, 1.807) is 0 Å². The molecular formula is C16H22N4O. The van der Waals surface area contributed by atoms with E-state index >= 15 is 0 Å². The molecule has 5 heteroatoms. The number of benzene rings is 1. The van der Waals surface area contributed by atoms with Crippen molar-refractivity contribution in [2.75, 3.05) is 24.6 Å². The molecule has 0 radical (unpaired) electrons. The van der Waals surface area contributed by atoms with Gasteiger partial charge in [-0.1, -0.05) is 6.92 Å². The van der Waals surface area contributed by atoms with Crippen molar-refractivity contribution in [3.8, 4) is 17.0 Å². The van der Waals surface area contributed by atoms with Crippen LogP contribution in [0.3, 0.4) is 0 Å². The van der Waals surface area contributed by atoms with Crippen LogP contribution in [0.2, 0.25) is 0 Å². The molecule has 5 nitrogen and oxygen atoms in total. The summed E-state index contributed by atoms with van der Waals surface area (Å²) in [6, 6.07) is 10.4. The summed E-state index contributed by atoms with van der Waals surface area (Å²) in [6.07, 6.45) is 2.05. The quantitative estimate of drug-likeness (QED) is 0.885. The van der Waals surface area contributed by atoms with Gasteiger partial charge in [0.25, 0.3) is 0 Å². The maximum Gasteiger partial charge on any atom is 0.151 e. The molecule has 3 rings (SSSR count). The van der Waals surface area contributed by atoms with Crippen LogP contribution in [-0.4, -0.2) is 35.9 Å². The standard InChI is InChI=1S/C16H22N4O/c1-2-9-21-14-5-3-12(4-6-14)15-10-16(19-18-15)20-8-7-13(17)11-20/h3-6,10,13H,2,7-9,11,17H2,1H3,(H,18,19). The molecule has 1 atom stereocenters. The number of H-pyrrole nitrogens is 1. The number of nitrogens with zero attached hydrogens (tertiary/aromatic N) is 2. The SMILES string of the molecule is CCCOc1ccc(-c2cc(N3CCC(N)C3)n[nH]2)cc1. The zero-order valence-corrected chi connectivity index (χ0v) is 12.4. The van der Waals surface area contributed by atoms with E-state index in [-0.39, 0.29) is 6.04 Å². The molecule has 2 aromatic rings. The maximum absolute atomic E-state index is 5.94. The number of aromatic nitrogens is 2. The lowest BCUT2D eigenvalue weighted by Crippen LogP contribution is -2.26. The Bertz CT molecular complexity index is 578. The Balaban J connectivity index is 1.70. The van der Waals surface area contributed by atoms with Gasteiger partial charge in [-0.25, -0.2) is 0 Å². The highest BCUT2D eigenvalue weighted by Crippen LogP contribution is 2.25. The average Bonchev–Trinajstić information content (AvgIpc) is 3.14. The highest BCUT2D eigenvalue weighted by Gasteiger charge is 2.21. The molecule has 1 aromatic heterocycles. The minimum atomic E-state index is 0.264. The number of hydrogen-bond acceptors (Lipinski definition) is 4. The van der Waals surface area contributed by atoms with Crippen molar-refractivity contribution < 1.29 is 4.74 Å². The van der Waals surface area contributed by atoms with E-state index in [4.69, 9.17) is 10.5 Å². The molecule has 0 bridgehead atoms. The summed E-state index contributed by atoms with van der Waals surface area (Å²) in [5.74, 6) is 1.88. The van der Waals surface area contributed by atoms with Gasteiger partial charge in [-0.3, -0.25) is 5.10 Å². The van der Waals surface area contributed by atoms with Gasteiger partial charge in [0.05, 0.1) is 12.3 Å². The predicted molar refractivity (Wildman–Crippen MR) is 84.6 cm³/mol. The largest absolute Gasteiger partial charge is 0.494 e. The molecule has 1 saturated heterocycles. The fraction of sp³-hybridized carbons (Fsp3) is 0.438. The lowest BCUT2D eigenvalue weighted by Gasteiger charge is -2.13. The highest BCUT2D eigenvalue weighted by molar-refractivity contribution is 5.64. The highest BCUT2D eigenvalue weighted by atomic mass is 16.5. The van der Waals surface area contributed by atoms with E-state index in [1.165, 1.54) is 0 Å². The van der Waals surface area contributed by atoms with E-state index in [2.05, 4.69) is 40.2 Å². The van der Waals surface area contributed by atoms with E-state index < -0.39 is 0 Å². The lowest BCUT2D eigenvalue weighted by molar-refractivity contribution is 0.317. The summed E-state index contributed by atoms with van der Waals surface area (Å²) in [5, 5.41) is 7.50. The second-order valence-electron chi connectivity index (χ2n) is 5.51. The Morgan fingerprint density at radius 2 is 2.19 bits per heavy atom. The number of rotatable bonds is 5. The fourth-order valence-corrected chi connectivity index (χ4v) is 2.57. The average molecular weight is 286 g/mol. The molecule has 1 aromatic carbocycles. The first-order valence-electron chi connectivity index (χ1n) is 7.55. The van der Waals surface area contributed by atoms with Gasteiger partial charge in [0.1, 0.15) is 5.75 Å². The van der Waals surface area contributed by atoms with Crippen LogP contribution in [0.25, 0.3) is 11.3 Å². The van der Waals surface area contributed by atoms with Crippen LogP contribution in [0.4, 0.5) is 5.82 Å². The first-order chi connectivity index (χ1) is 10.3. The maximum atomic E-state index is 5.94. The molecule has 0 spiro atoms. The Labute approximate surface area is 125 Å². The Hall–Kier alpha value is -2.01. The van der Waals surface area contributed by atoms with Gasteiger partial charge in [-0.15, -0.1) is 0 Å². The molecule has 1 unspecified atom stereocenters. The minimum absolute atomic E-state index is 0.264. The number of ether oxygens (including phenoxy) is 1. The van der Waals surface area contributed by atoms with Crippen LogP contribution in [-0.2, 0) is 0 Å². The predicted octanol–water partition coefficient (Wildman–Crippen LogP) is 2.40. The molecule has 0 amide bonds. The zero-order chi connectivity index (χ0) is 14.7. The van der Waals surface area contributed by atoms with Gasteiger partial charge < -0.3 is 15.4 Å². The first-order valence-corrected chi connectivity index (χ1v) is 7.55. The van der Waals surface area contributed by atoms with E-state index in [1.807, 2.05) is 12.1 Å². The molecule has 112 valence electrons. The van der Waals surface area contributed by atoms with E-state index in [9.17, 15) is 0 Å². The molecule has 0 saturated carbocycles. The number of nitrogens with one attached hydrogen (secondary N) is 1. The summed E-state index contributed by atoms with van der Waals surface area (Å²) in [5.41, 5.74) is 8.08. The van der Waals surface area contributed by atoms with Gasteiger partial charge in [0.15, 0.2) is 5.82 Å². The Morgan fingerprint density at radius 3 is 2.86 bits per heavy atom. The second kappa shape index (κ2) is 6.18. The van der Waals surface area contributed by atoms with Crippen molar-refractivity contribution >= 4 is 5.82 Å². The third kappa shape index (κ3) is 3.19. The lowest BCUT2D eigenvalue weighted by atomic mass is 10.1. The van der Waals surface area contributed by atoms with Crippen LogP contribution < -0.4 is 15.4 Å². The van der Waals surface area contributed by atoms with Gasteiger partial charge in [-0.05, 0) is 42.7 Å². The normalized spacial score (nSPS) is 18.2. The molecule has 3 N–H and O–H groups in total. The van der Waals surface area contributed by atoms with Crippen LogP contribution in [0, 0.1) is 0 Å². The number of hydrogen-bond donors (Lipinski definition) is 2. The fourth-order valence-electron chi connectivity index (χ4n) is 2.57. The Kier molecular flexibility index (Phi) is 4.10. The molecule has 1 fully saturated rings. The summed E-state index contributed by atoms with van der Waals surface area (Å²) in [4.78, 5) is 2.23. The molecule has 21 heavy (non-hydrogen) atoms. The summed E-state index contributed by atoms with van der Waals surface area (Å²) < 4.78 is 5.60. The van der Waals surface area contributed by atoms with Gasteiger partial charge in [-0.2, -0.15) is 5.10 Å². The number of nitrogens with two attached hydrogens (primary N) is 1. The van der Waals surface area contributed by atoms with Gasteiger partial charge >= 0.3 is 0 Å². The number of anilines is 1. The molecular weight excluding hydrogens is 264 g/mol. The van der Waals surface area contributed by atoms with Crippen LogP contribution in [0.5, 0.6) is 5.75 Å². The third-order valence-corrected chi connectivity index (χ3v) is 3.75. The van der Waals surface area contributed by atoms with E-state index in [0.717, 1.165) is 55.4 Å². The van der Waals surface area contributed by atoms with Crippen molar-refractivity contribution in [2.24, 2.45) is 5.73 Å². The molecule has 0 aliphatic carbocycles. The first kappa shape index (κ1) is 13.9. The minimum Gasteiger partial charge on any atom is -0.494 e. The summed E-state index contributed by atoms with van der Waals surface area (Å²) in [7, 11) is 0. The van der Waals surface area contributed by atoms with Crippen molar-refractivity contribution in [3.63, 3.8) is 0 Å². The van der Waals surface area contributed by atoms with Crippen molar-refractivity contribution in [1.29, 1.82) is 0 Å². The molecule has 1 aliphatic rings. The van der Waals surface area contributed by atoms with Gasteiger partial charge in [0, 0.05) is 25.2 Å². The number of aromatic amines is 1. The van der Waals surface area contributed by atoms with Crippen LogP contribution >= 0.6 is 0 Å². The van der Waals surface area contributed by atoms with Crippen molar-refractivity contribution in [3.05, 3.63) is 30.3 Å².